The van der Waals surface area contributed by atoms with Crippen LogP contribution in [-0.4, -0.2) is 39.5 Å². The monoisotopic (exact) mass is 481 g/mol. The molecule has 35 heavy (non-hydrogen) atoms. The molecule has 0 saturated heterocycles. The highest BCUT2D eigenvalue weighted by Gasteiger charge is 2.31. The van der Waals surface area contributed by atoms with Gasteiger partial charge in [-0.15, -0.1) is 0 Å². The first kappa shape index (κ1) is 26.2. The molecule has 0 spiro atoms. The number of fused-ring (bicyclic) bond motifs is 1. The van der Waals surface area contributed by atoms with Crippen molar-refractivity contribution in [3.05, 3.63) is 78.3 Å². The number of nitrogens with zero attached hydrogens (tertiary/aromatic N) is 2. The number of hydrogen-bond donors (Lipinski definition) is 2. The number of nitrogens with one attached hydrogen (secondary N) is 1. The lowest BCUT2D eigenvalue weighted by Crippen LogP contribution is -2.49. The molecule has 188 valence electrons. The first-order valence-electron chi connectivity index (χ1n) is 12.1. The zero-order valence-corrected chi connectivity index (χ0v) is 20.7. The minimum absolute atomic E-state index is 0. The van der Waals surface area contributed by atoms with E-state index in [1.54, 1.807) is 23.0 Å². The van der Waals surface area contributed by atoms with Gasteiger partial charge in [0.2, 0.25) is 5.91 Å². The molecule has 4 rings (SSSR count). The lowest BCUT2D eigenvalue weighted by molar-refractivity contribution is -0.125. The van der Waals surface area contributed by atoms with Crippen LogP contribution in [0.1, 0.15) is 42.0 Å². The Hall–Kier alpha value is -3.45. The number of hydrogen-bond acceptors (Lipinski definition) is 4. The number of benzene rings is 2. The summed E-state index contributed by atoms with van der Waals surface area (Å²) in [4.78, 5) is 11.9. The molecule has 0 bridgehead atoms. The van der Waals surface area contributed by atoms with Gasteiger partial charge < -0.3 is 15.2 Å². The predicted octanol–water partition coefficient (Wildman–Crippen LogP) is 5.59. The van der Waals surface area contributed by atoms with Crippen molar-refractivity contribution in [2.24, 2.45) is 5.92 Å². The fourth-order valence-electron chi connectivity index (χ4n) is 4.26. The normalized spacial score (nSPS) is 16.6. The molecule has 6 nitrogen and oxygen atoms in total. The maximum Gasteiger partial charge on any atom is 0.246 e. The summed E-state index contributed by atoms with van der Waals surface area (Å²) in [6.45, 7) is 7.51. The lowest BCUT2D eigenvalue weighted by Gasteiger charge is -2.34. The quantitative estimate of drug-likeness (QED) is 0.440. The molecule has 2 aromatic carbocycles. The van der Waals surface area contributed by atoms with E-state index in [1.165, 1.54) is 17.7 Å². The summed E-state index contributed by atoms with van der Waals surface area (Å²) >= 11 is 0. The number of ether oxygens (including phenoxy) is 1. The van der Waals surface area contributed by atoms with Gasteiger partial charge in [-0.05, 0) is 62.2 Å². The second-order valence-electron chi connectivity index (χ2n) is 8.34. The van der Waals surface area contributed by atoms with Gasteiger partial charge in [-0.25, -0.2) is 9.07 Å². The van der Waals surface area contributed by atoms with Crippen LogP contribution in [0.4, 0.5) is 4.39 Å². The summed E-state index contributed by atoms with van der Waals surface area (Å²) in [5, 5.41) is 17.5. The minimum atomic E-state index is -0.558. The van der Waals surface area contributed by atoms with E-state index in [-0.39, 0.29) is 25.3 Å². The Morgan fingerprint density at radius 2 is 2.03 bits per heavy atom. The molecule has 1 heterocycles. The molecule has 7 heteroatoms. The lowest BCUT2D eigenvalue weighted by atomic mass is 9.86. The Morgan fingerprint density at radius 3 is 2.69 bits per heavy atom. The molecule has 0 radical (unpaired) electrons. The Balaban J connectivity index is 0.00000148. The third-order valence-corrected chi connectivity index (χ3v) is 5.93. The number of halogens is 1. The largest absolute Gasteiger partial charge is 0.488 e. The molecule has 0 fully saturated rings. The van der Waals surface area contributed by atoms with E-state index in [0.29, 0.717) is 12.2 Å². The molecular weight excluding hydrogens is 445 g/mol. The van der Waals surface area contributed by atoms with E-state index in [0.717, 1.165) is 23.0 Å². The SMILES string of the molecule is CC.CC[C@H](NC(=O)CO)[C@H](Oc1ccc2c(cnn2-c2ccc(F)cc2)c1)C1C=CC=C(C)C1.[HH]. The van der Waals surface area contributed by atoms with Gasteiger partial charge in [0.25, 0.3) is 0 Å². The van der Waals surface area contributed by atoms with E-state index in [2.05, 4.69) is 29.5 Å². The molecule has 1 aliphatic carbocycles. The molecule has 1 unspecified atom stereocenters. The van der Waals surface area contributed by atoms with Gasteiger partial charge in [0.15, 0.2) is 0 Å². The van der Waals surface area contributed by atoms with E-state index in [1.807, 2.05) is 45.0 Å². The fourth-order valence-corrected chi connectivity index (χ4v) is 4.26. The van der Waals surface area contributed by atoms with Crippen LogP contribution >= 0.6 is 0 Å². The maximum atomic E-state index is 13.3. The number of aromatic nitrogens is 2. The molecular formula is C28H36FN3O3. The summed E-state index contributed by atoms with van der Waals surface area (Å²) in [5.74, 6) is 0.0381. The van der Waals surface area contributed by atoms with Crippen LogP contribution in [0.3, 0.4) is 0 Å². The van der Waals surface area contributed by atoms with Crippen LogP contribution in [-0.2, 0) is 4.79 Å². The van der Waals surface area contributed by atoms with Crippen LogP contribution in [0.15, 0.2) is 72.5 Å². The number of carbonyl (C=O) groups is 1. The van der Waals surface area contributed by atoms with Gasteiger partial charge >= 0.3 is 0 Å². The third-order valence-electron chi connectivity index (χ3n) is 5.93. The highest BCUT2D eigenvalue weighted by molar-refractivity contribution is 5.81. The van der Waals surface area contributed by atoms with Crippen molar-refractivity contribution in [3.63, 3.8) is 0 Å². The van der Waals surface area contributed by atoms with E-state index < -0.39 is 12.5 Å². The standard InChI is InChI=1S/C26H28FN3O3.C2H6.H2/c1-3-23(29-25(32)16-31)26(18-6-4-5-17(2)13-18)33-22-11-12-24-19(14-22)15-28-30(24)21-9-7-20(27)8-10-21;1-2;/h4-12,14-15,18,23,26,31H,3,13,16H2,1-2H3,(H,29,32);1-2H3;1H/t18?,23-,26+;;/m0../s1. The van der Waals surface area contributed by atoms with Gasteiger partial charge in [0, 0.05) is 12.7 Å². The third kappa shape index (κ3) is 6.36. The molecule has 1 amide bonds. The van der Waals surface area contributed by atoms with Crippen LogP contribution in [0.2, 0.25) is 0 Å². The molecule has 1 aromatic heterocycles. The van der Waals surface area contributed by atoms with Crippen molar-refractivity contribution >= 4 is 16.8 Å². The molecule has 1 aliphatic rings. The van der Waals surface area contributed by atoms with E-state index in [4.69, 9.17) is 4.74 Å². The number of rotatable bonds is 8. The summed E-state index contributed by atoms with van der Waals surface area (Å²) in [6, 6.07) is 11.6. The Bertz CT molecular complexity index is 1190. The number of amides is 1. The Morgan fingerprint density at radius 1 is 1.29 bits per heavy atom. The number of aliphatic hydroxyl groups is 1. The van der Waals surface area contributed by atoms with Crippen LogP contribution in [0.25, 0.3) is 16.6 Å². The molecule has 0 aliphatic heterocycles. The zero-order chi connectivity index (χ0) is 25.4. The van der Waals surface area contributed by atoms with Gasteiger partial charge in [-0.1, -0.05) is 44.6 Å². The van der Waals surface area contributed by atoms with Gasteiger partial charge in [0.1, 0.15) is 24.3 Å². The van der Waals surface area contributed by atoms with Crippen molar-refractivity contribution in [2.75, 3.05) is 6.61 Å². The number of allylic oxidation sites excluding steroid dienone is 3. The molecule has 3 atom stereocenters. The van der Waals surface area contributed by atoms with Crippen molar-refractivity contribution in [3.8, 4) is 11.4 Å². The first-order valence-corrected chi connectivity index (χ1v) is 12.1. The van der Waals surface area contributed by atoms with Crippen LogP contribution in [0, 0.1) is 11.7 Å². The zero-order valence-electron chi connectivity index (χ0n) is 20.7. The predicted molar refractivity (Wildman–Crippen MR) is 139 cm³/mol. The highest BCUT2D eigenvalue weighted by atomic mass is 19.1. The topological polar surface area (TPSA) is 76.4 Å². The van der Waals surface area contributed by atoms with Crippen molar-refractivity contribution in [1.82, 2.24) is 15.1 Å². The van der Waals surface area contributed by atoms with Crippen molar-refractivity contribution in [2.45, 2.75) is 52.7 Å². The average molecular weight is 482 g/mol. The second kappa shape index (κ2) is 12.3. The number of aliphatic hydroxyl groups excluding tert-OH is 1. The first-order chi connectivity index (χ1) is 17.0. The average Bonchev–Trinajstić information content (AvgIpc) is 3.31. The van der Waals surface area contributed by atoms with Crippen molar-refractivity contribution < 1.29 is 20.5 Å². The van der Waals surface area contributed by atoms with Gasteiger partial charge in [0.05, 0.1) is 23.4 Å². The molecule has 2 N–H and O–H groups in total. The van der Waals surface area contributed by atoms with E-state index >= 15 is 0 Å². The van der Waals surface area contributed by atoms with Crippen LogP contribution in [0.5, 0.6) is 5.75 Å². The number of carbonyl (C=O) groups excluding carboxylic acids is 1. The Labute approximate surface area is 207 Å². The smallest absolute Gasteiger partial charge is 0.246 e. The van der Waals surface area contributed by atoms with Gasteiger partial charge in [-0.3, -0.25) is 4.79 Å². The summed E-state index contributed by atoms with van der Waals surface area (Å²) in [5.41, 5.74) is 2.89. The Kier molecular flexibility index (Phi) is 9.20. The minimum Gasteiger partial charge on any atom is -0.488 e. The molecule has 0 saturated carbocycles. The van der Waals surface area contributed by atoms with Crippen molar-refractivity contribution in [1.29, 1.82) is 0 Å². The summed E-state index contributed by atoms with van der Waals surface area (Å²) in [7, 11) is 0. The second-order valence-corrected chi connectivity index (χ2v) is 8.34. The highest BCUT2D eigenvalue weighted by Crippen LogP contribution is 2.30. The summed E-state index contributed by atoms with van der Waals surface area (Å²) in [6.07, 6.45) is 9.14. The maximum absolute atomic E-state index is 13.3. The van der Waals surface area contributed by atoms with E-state index in [9.17, 15) is 14.3 Å². The summed E-state index contributed by atoms with van der Waals surface area (Å²) < 4.78 is 21.5. The molecule has 3 aromatic rings. The van der Waals surface area contributed by atoms with Gasteiger partial charge in [-0.2, -0.15) is 5.10 Å². The van der Waals surface area contributed by atoms with Crippen LogP contribution < -0.4 is 10.1 Å². The fraction of sp³-hybridized carbons (Fsp3) is 0.357.